The van der Waals surface area contributed by atoms with Crippen molar-refractivity contribution in [2.45, 2.75) is 38.8 Å². The number of piperidine rings is 1. The molecule has 0 aromatic heterocycles. The number of phenols is 1. The van der Waals surface area contributed by atoms with Crippen LogP contribution in [0.3, 0.4) is 0 Å². The molecule has 1 saturated heterocycles. The lowest BCUT2D eigenvalue weighted by atomic mass is 10.0. The van der Waals surface area contributed by atoms with Gasteiger partial charge in [0.25, 0.3) is 0 Å². The molecule has 2 aromatic carbocycles. The molecule has 1 N–H and O–H groups in total. The lowest BCUT2D eigenvalue weighted by Crippen LogP contribution is -2.34. The summed E-state index contributed by atoms with van der Waals surface area (Å²) in [6.45, 7) is 5.86. The van der Waals surface area contributed by atoms with E-state index in [1.54, 1.807) is 12.3 Å². The molecule has 0 aliphatic carbocycles. The van der Waals surface area contributed by atoms with E-state index in [4.69, 9.17) is 9.73 Å². The van der Waals surface area contributed by atoms with Crippen molar-refractivity contribution >= 4 is 6.21 Å². The van der Waals surface area contributed by atoms with Crippen LogP contribution < -0.4 is 4.74 Å². The second-order valence-electron chi connectivity index (χ2n) is 6.84. The van der Waals surface area contributed by atoms with Gasteiger partial charge < -0.3 is 9.84 Å². The summed E-state index contributed by atoms with van der Waals surface area (Å²) in [5.41, 5.74) is 2.12. The highest BCUT2D eigenvalue weighted by atomic mass is 16.5. The topological polar surface area (TPSA) is 45.1 Å². The molecule has 0 bridgehead atoms. The molecule has 138 valence electrons. The number of aromatic hydroxyl groups is 1. The maximum atomic E-state index is 10.1. The SMILES string of the molecule is CCCOc1ccc(C=NC2CCN(Cc3ccccc3)CC2)c(O)c1. The van der Waals surface area contributed by atoms with Crippen LogP contribution in [0.1, 0.15) is 37.3 Å². The number of nitrogens with zero attached hydrogens (tertiary/aromatic N) is 2. The number of rotatable bonds is 7. The highest BCUT2D eigenvalue weighted by molar-refractivity contribution is 5.83. The first-order valence-corrected chi connectivity index (χ1v) is 9.50. The number of aliphatic imine (C=N–C) groups is 1. The summed E-state index contributed by atoms with van der Waals surface area (Å²) in [6, 6.07) is 16.4. The van der Waals surface area contributed by atoms with Gasteiger partial charge >= 0.3 is 0 Å². The van der Waals surface area contributed by atoms with Crippen LogP contribution in [0.5, 0.6) is 11.5 Å². The van der Waals surface area contributed by atoms with Crippen LogP contribution in [-0.2, 0) is 6.54 Å². The van der Waals surface area contributed by atoms with Crippen LogP contribution in [0.4, 0.5) is 0 Å². The molecule has 0 saturated carbocycles. The van der Waals surface area contributed by atoms with Gasteiger partial charge in [0.15, 0.2) is 0 Å². The fraction of sp³-hybridized carbons (Fsp3) is 0.409. The highest BCUT2D eigenvalue weighted by Gasteiger charge is 2.18. The Morgan fingerprint density at radius 3 is 2.62 bits per heavy atom. The van der Waals surface area contributed by atoms with Crippen LogP contribution in [0.25, 0.3) is 0 Å². The van der Waals surface area contributed by atoms with E-state index in [2.05, 4.69) is 42.2 Å². The van der Waals surface area contributed by atoms with Gasteiger partial charge in [0.2, 0.25) is 0 Å². The molecule has 1 aliphatic rings. The molecule has 1 heterocycles. The quantitative estimate of drug-likeness (QED) is 0.757. The summed E-state index contributed by atoms with van der Waals surface area (Å²) < 4.78 is 5.54. The minimum atomic E-state index is 0.226. The average Bonchev–Trinajstić information content (AvgIpc) is 2.67. The van der Waals surface area contributed by atoms with Gasteiger partial charge in [0.05, 0.1) is 12.6 Å². The molecule has 1 aliphatic heterocycles. The molecule has 0 unspecified atom stereocenters. The molecule has 0 amide bonds. The van der Waals surface area contributed by atoms with Gasteiger partial charge in [-0.3, -0.25) is 9.89 Å². The van der Waals surface area contributed by atoms with Gasteiger partial charge in [0, 0.05) is 37.5 Å². The van der Waals surface area contributed by atoms with Gasteiger partial charge in [-0.25, -0.2) is 0 Å². The molecular formula is C22H28N2O2. The van der Waals surface area contributed by atoms with Crippen LogP contribution in [0.15, 0.2) is 53.5 Å². The first kappa shape index (κ1) is 18.5. The third kappa shape index (κ3) is 5.33. The Morgan fingerprint density at radius 2 is 1.92 bits per heavy atom. The van der Waals surface area contributed by atoms with Crippen LogP contribution in [-0.4, -0.2) is 42.0 Å². The van der Waals surface area contributed by atoms with Crippen LogP contribution >= 0.6 is 0 Å². The van der Waals surface area contributed by atoms with E-state index in [0.29, 0.717) is 18.4 Å². The zero-order chi connectivity index (χ0) is 18.2. The van der Waals surface area contributed by atoms with Crippen molar-refractivity contribution in [1.82, 2.24) is 4.90 Å². The molecule has 0 spiro atoms. The molecule has 0 radical (unpaired) electrons. The molecular weight excluding hydrogens is 324 g/mol. The first-order valence-electron chi connectivity index (χ1n) is 9.50. The predicted molar refractivity (Wildman–Crippen MR) is 106 cm³/mol. The first-order chi connectivity index (χ1) is 12.7. The van der Waals surface area contributed by atoms with E-state index < -0.39 is 0 Å². The highest BCUT2D eigenvalue weighted by Crippen LogP contribution is 2.23. The number of phenolic OH excluding ortho intramolecular Hbond substituents is 1. The number of hydrogen-bond acceptors (Lipinski definition) is 4. The summed E-state index contributed by atoms with van der Waals surface area (Å²) in [7, 11) is 0. The van der Waals surface area contributed by atoms with E-state index in [1.165, 1.54) is 5.56 Å². The number of hydrogen-bond donors (Lipinski definition) is 1. The lowest BCUT2D eigenvalue weighted by Gasteiger charge is -2.30. The third-order valence-corrected chi connectivity index (χ3v) is 4.71. The van der Waals surface area contributed by atoms with Crippen molar-refractivity contribution in [1.29, 1.82) is 0 Å². The predicted octanol–water partition coefficient (Wildman–Crippen LogP) is 4.26. The third-order valence-electron chi connectivity index (χ3n) is 4.71. The molecule has 2 aromatic rings. The summed E-state index contributed by atoms with van der Waals surface area (Å²) >= 11 is 0. The van der Waals surface area contributed by atoms with Gasteiger partial charge in [-0.1, -0.05) is 37.3 Å². The fourth-order valence-corrected chi connectivity index (χ4v) is 3.20. The molecule has 26 heavy (non-hydrogen) atoms. The van der Waals surface area contributed by atoms with Crippen molar-refractivity contribution in [2.24, 2.45) is 4.99 Å². The number of benzene rings is 2. The lowest BCUT2D eigenvalue weighted by molar-refractivity contribution is 0.206. The zero-order valence-corrected chi connectivity index (χ0v) is 15.5. The summed E-state index contributed by atoms with van der Waals surface area (Å²) in [5, 5.41) is 10.1. The summed E-state index contributed by atoms with van der Waals surface area (Å²) in [5.74, 6) is 0.930. The van der Waals surface area contributed by atoms with E-state index in [0.717, 1.165) is 44.5 Å². The van der Waals surface area contributed by atoms with E-state index >= 15 is 0 Å². The van der Waals surface area contributed by atoms with E-state index in [-0.39, 0.29) is 5.75 Å². The van der Waals surface area contributed by atoms with E-state index in [1.807, 2.05) is 12.1 Å². The Balaban J connectivity index is 1.49. The Morgan fingerprint density at radius 1 is 1.15 bits per heavy atom. The normalized spacial score (nSPS) is 16.2. The standard InChI is InChI=1S/C22H28N2O2/c1-2-14-26-21-9-8-19(22(25)15-21)16-23-20-10-12-24(13-11-20)17-18-6-4-3-5-7-18/h3-9,15-16,20,25H,2,10-14,17H2,1H3. The summed E-state index contributed by atoms with van der Waals surface area (Å²) in [4.78, 5) is 7.18. The maximum Gasteiger partial charge on any atom is 0.128 e. The molecule has 3 rings (SSSR count). The Hall–Kier alpha value is -2.33. The van der Waals surface area contributed by atoms with Gasteiger partial charge in [-0.05, 0) is 37.0 Å². The second kappa shape index (κ2) is 9.39. The monoisotopic (exact) mass is 352 g/mol. The average molecular weight is 352 g/mol. The minimum Gasteiger partial charge on any atom is -0.507 e. The molecule has 4 heteroatoms. The zero-order valence-electron chi connectivity index (χ0n) is 15.5. The van der Waals surface area contributed by atoms with Crippen LogP contribution in [0, 0.1) is 0 Å². The van der Waals surface area contributed by atoms with Crippen molar-refractivity contribution in [3.63, 3.8) is 0 Å². The van der Waals surface area contributed by atoms with Crippen molar-refractivity contribution in [3.8, 4) is 11.5 Å². The summed E-state index contributed by atoms with van der Waals surface area (Å²) in [6.07, 6.45) is 4.87. The van der Waals surface area contributed by atoms with Gasteiger partial charge in [-0.15, -0.1) is 0 Å². The van der Waals surface area contributed by atoms with Gasteiger partial charge in [-0.2, -0.15) is 0 Å². The molecule has 0 atom stereocenters. The molecule has 4 nitrogen and oxygen atoms in total. The minimum absolute atomic E-state index is 0.226. The number of likely N-dealkylation sites (tertiary alicyclic amines) is 1. The van der Waals surface area contributed by atoms with Crippen molar-refractivity contribution in [3.05, 3.63) is 59.7 Å². The fourth-order valence-electron chi connectivity index (χ4n) is 3.20. The molecule has 1 fully saturated rings. The van der Waals surface area contributed by atoms with E-state index in [9.17, 15) is 5.11 Å². The second-order valence-corrected chi connectivity index (χ2v) is 6.84. The smallest absolute Gasteiger partial charge is 0.128 e. The Labute approximate surface area is 156 Å². The van der Waals surface area contributed by atoms with Crippen LogP contribution in [0.2, 0.25) is 0 Å². The van der Waals surface area contributed by atoms with Crippen molar-refractivity contribution in [2.75, 3.05) is 19.7 Å². The Bertz CT molecular complexity index is 707. The Kier molecular flexibility index (Phi) is 6.67. The maximum absolute atomic E-state index is 10.1. The largest absolute Gasteiger partial charge is 0.507 e. The van der Waals surface area contributed by atoms with Gasteiger partial charge in [0.1, 0.15) is 11.5 Å². The number of ether oxygens (including phenoxy) is 1. The van der Waals surface area contributed by atoms with Crippen molar-refractivity contribution < 1.29 is 9.84 Å².